The van der Waals surface area contributed by atoms with E-state index in [9.17, 15) is 5.11 Å². The van der Waals surface area contributed by atoms with Gasteiger partial charge in [0.1, 0.15) is 0 Å². The lowest BCUT2D eigenvalue weighted by Crippen LogP contribution is -1.86. The van der Waals surface area contributed by atoms with Crippen molar-refractivity contribution in [3.63, 3.8) is 0 Å². The zero-order chi connectivity index (χ0) is 6.97. The smallest absolute Gasteiger partial charge is 0.220 e. The molecule has 2 heteroatoms. The molecule has 0 N–H and O–H groups in total. The second-order valence-electron chi connectivity index (χ2n) is 2.34. The minimum atomic E-state index is 0.00926. The van der Waals surface area contributed by atoms with Gasteiger partial charge in [0.25, 0.3) is 0 Å². The average molecular weight is 135 g/mol. The van der Waals surface area contributed by atoms with Crippen LogP contribution in [0.4, 0.5) is 0 Å². The molecule has 0 amide bonds. The molecule has 10 heavy (non-hydrogen) atoms. The average Bonchev–Trinajstić information content (AvgIpc) is 2.36. The van der Waals surface area contributed by atoms with Crippen molar-refractivity contribution < 1.29 is 9.84 Å². The minimum Gasteiger partial charge on any atom is -0.489 e. The molecule has 0 unspecified atom stereocenters. The molecule has 1 heterocycles. The van der Waals surface area contributed by atoms with Gasteiger partial charge in [-0.3, -0.25) is 5.11 Å². The van der Waals surface area contributed by atoms with Crippen LogP contribution in [0.2, 0.25) is 0 Å². The maximum Gasteiger partial charge on any atom is 0.220 e. The van der Waals surface area contributed by atoms with Crippen molar-refractivity contribution in [2.75, 3.05) is 6.61 Å². The lowest BCUT2D eigenvalue weighted by atomic mass is 10.2. The summed E-state index contributed by atoms with van der Waals surface area (Å²) >= 11 is 0. The largest absolute Gasteiger partial charge is 0.489 e. The van der Waals surface area contributed by atoms with E-state index in [1.54, 1.807) is 6.07 Å². The Kier molecular flexibility index (Phi) is 1.07. The summed E-state index contributed by atoms with van der Waals surface area (Å²) in [5, 5.41) is 11.0. The Hall–Kier alpha value is -1.18. The van der Waals surface area contributed by atoms with Gasteiger partial charge in [0, 0.05) is 12.0 Å². The molecule has 0 saturated heterocycles. The second-order valence-corrected chi connectivity index (χ2v) is 2.34. The van der Waals surface area contributed by atoms with Gasteiger partial charge in [0.15, 0.2) is 5.75 Å². The molecular weight excluding hydrogens is 128 g/mol. The van der Waals surface area contributed by atoms with Crippen LogP contribution in [-0.2, 0) is 11.5 Å². The van der Waals surface area contributed by atoms with E-state index in [1.165, 1.54) is 6.07 Å². The van der Waals surface area contributed by atoms with Crippen LogP contribution in [0, 0.1) is 0 Å². The number of hydrogen-bond donors (Lipinski definition) is 0. The van der Waals surface area contributed by atoms with Crippen LogP contribution in [0.1, 0.15) is 5.56 Å². The molecule has 0 fully saturated rings. The van der Waals surface area contributed by atoms with E-state index in [0.29, 0.717) is 12.4 Å². The SMILES string of the molecule is [O]c1cccc2c1OCC2. The lowest BCUT2D eigenvalue weighted by Gasteiger charge is -1.96. The molecule has 2 rings (SSSR count). The Morgan fingerprint density at radius 3 is 3.10 bits per heavy atom. The van der Waals surface area contributed by atoms with Gasteiger partial charge < -0.3 is 4.74 Å². The highest BCUT2D eigenvalue weighted by Crippen LogP contribution is 2.34. The molecule has 1 radical (unpaired) electrons. The van der Waals surface area contributed by atoms with Gasteiger partial charge in [-0.15, -0.1) is 0 Å². The van der Waals surface area contributed by atoms with Gasteiger partial charge in [0.2, 0.25) is 5.75 Å². The van der Waals surface area contributed by atoms with Crippen molar-refractivity contribution in [3.8, 4) is 11.5 Å². The number of rotatable bonds is 0. The first-order valence-corrected chi connectivity index (χ1v) is 3.29. The van der Waals surface area contributed by atoms with Crippen LogP contribution in [0.5, 0.6) is 11.5 Å². The predicted molar refractivity (Wildman–Crippen MR) is 35.8 cm³/mol. The number of ether oxygens (including phenoxy) is 1. The van der Waals surface area contributed by atoms with E-state index in [2.05, 4.69) is 0 Å². The Balaban J connectivity index is 2.59. The number of fused-ring (bicyclic) bond motifs is 1. The van der Waals surface area contributed by atoms with Crippen LogP contribution in [-0.4, -0.2) is 6.61 Å². The Morgan fingerprint density at radius 1 is 1.40 bits per heavy atom. The third kappa shape index (κ3) is 0.652. The van der Waals surface area contributed by atoms with Crippen molar-refractivity contribution in [1.29, 1.82) is 0 Å². The standard InChI is InChI=1S/C8H7O2/c9-7-3-1-2-6-4-5-10-8(6)7/h1-3H,4-5H2. The second kappa shape index (κ2) is 1.90. The summed E-state index contributed by atoms with van der Waals surface area (Å²) in [7, 11) is 0. The van der Waals surface area contributed by atoms with Crippen LogP contribution in [0.15, 0.2) is 18.2 Å². The van der Waals surface area contributed by atoms with E-state index >= 15 is 0 Å². The fourth-order valence-electron chi connectivity index (χ4n) is 1.19. The van der Waals surface area contributed by atoms with E-state index in [4.69, 9.17) is 4.74 Å². The van der Waals surface area contributed by atoms with Crippen LogP contribution in [0.25, 0.3) is 0 Å². The third-order valence-corrected chi connectivity index (χ3v) is 1.68. The number of para-hydroxylation sites is 1. The van der Waals surface area contributed by atoms with Crippen LogP contribution >= 0.6 is 0 Å². The zero-order valence-electron chi connectivity index (χ0n) is 5.46. The maximum atomic E-state index is 11.0. The van der Waals surface area contributed by atoms with Crippen LogP contribution < -0.4 is 4.74 Å². The summed E-state index contributed by atoms with van der Waals surface area (Å²) in [5.74, 6) is 0.567. The molecule has 1 aliphatic rings. The highest BCUT2D eigenvalue weighted by molar-refractivity contribution is 5.47. The Labute approximate surface area is 59.1 Å². The quantitative estimate of drug-likeness (QED) is 0.533. The molecule has 51 valence electrons. The van der Waals surface area contributed by atoms with Gasteiger partial charge in [-0.05, 0) is 6.07 Å². The molecule has 2 nitrogen and oxygen atoms in total. The Morgan fingerprint density at radius 2 is 2.30 bits per heavy atom. The van der Waals surface area contributed by atoms with Crippen molar-refractivity contribution in [1.82, 2.24) is 0 Å². The normalized spacial score (nSPS) is 14.4. The van der Waals surface area contributed by atoms with E-state index < -0.39 is 0 Å². The first-order chi connectivity index (χ1) is 4.88. The highest BCUT2D eigenvalue weighted by Gasteiger charge is 2.15. The van der Waals surface area contributed by atoms with Gasteiger partial charge >= 0.3 is 0 Å². The Bertz CT molecular complexity index is 255. The lowest BCUT2D eigenvalue weighted by molar-refractivity contribution is 0.300. The van der Waals surface area contributed by atoms with E-state index in [1.807, 2.05) is 6.07 Å². The summed E-state index contributed by atoms with van der Waals surface area (Å²) in [6.45, 7) is 0.661. The third-order valence-electron chi connectivity index (χ3n) is 1.68. The summed E-state index contributed by atoms with van der Waals surface area (Å²) < 4.78 is 5.12. The van der Waals surface area contributed by atoms with Crippen molar-refractivity contribution in [2.45, 2.75) is 6.42 Å². The molecule has 1 aromatic carbocycles. The molecule has 0 bridgehead atoms. The summed E-state index contributed by atoms with van der Waals surface area (Å²) in [4.78, 5) is 0. The number of hydrogen-bond acceptors (Lipinski definition) is 1. The first-order valence-electron chi connectivity index (χ1n) is 3.29. The molecule has 0 atom stereocenters. The zero-order valence-corrected chi connectivity index (χ0v) is 5.46. The molecule has 0 aliphatic carbocycles. The summed E-state index contributed by atoms with van der Waals surface area (Å²) in [5.41, 5.74) is 1.05. The van der Waals surface area contributed by atoms with Gasteiger partial charge in [-0.1, -0.05) is 12.1 Å². The van der Waals surface area contributed by atoms with E-state index in [-0.39, 0.29) is 5.75 Å². The van der Waals surface area contributed by atoms with Gasteiger partial charge in [0.05, 0.1) is 6.61 Å². The maximum absolute atomic E-state index is 11.0. The van der Waals surface area contributed by atoms with Crippen molar-refractivity contribution in [3.05, 3.63) is 23.8 Å². The minimum absolute atomic E-state index is 0.00926. The van der Waals surface area contributed by atoms with Crippen LogP contribution in [0.3, 0.4) is 0 Å². The highest BCUT2D eigenvalue weighted by atomic mass is 16.5. The molecular formula is C8H7O2. The molecule has 0 saturated carbocycles. The van der Waals surface area contributed by atoms with E-state index in [0.717, 1.165) is 12.0 Å². The molecule has 0 spiro atoms. The number of benzene rings is 1. The first kappa shape index (κ1) is 5.59. The fraction of sp³-hybridized carbons (Fsp3) is 0.250. The predicted octanol–water partition coefficient (Wildman–Crippen LogP) is 1.77. The molecule has 1 aromatic rings. The topological polar surface area (TPSA) is 29.1 Å². The summed E-state index contributed by atoms with van der Waals surface area (Å²) in [6, 6.07) is 5.24. The summed E-state index contributed by atoms with van der Waals surface area (Å²) in [6.07, 6.45) is 0.880. The van der Waals surface area contributed by atoms with Crippen molar-refractivity contribution in [2.24, 2.45) is 0 Å². The van der Waals surface area contributed by atoms with Gasteiger partial charge in [-0.25, -0.2) is 0 Å². The molecule has 1 aliphatic heterocycles. The fourth-order valence-corrected chi connectivity index (χ4v) is 1.19. The van der Waals surface area contributed by atoms with Gasteiger partial charge in [-0.2, -0.15) is 0 Å². The van der Waals surface area contributed by atoms with Crippen molar-refractivity contribution >= 4 is 0 Å². The molecule has 0 aromatic heterocycles. The monoisotopic (exact) mass is 135 g/mol.